The fourth-order valence-corrected chi connectivity index (χ4v) is 4.20. The molecule has 2 heteroatoms. The van der Waals surface area contributed by atoms with Crippen molar-refractivity contribution in [1.29, 1.82) is 0 Å². The fraction of sp³-hybridized carbons (Fsp3) is 1.00. The van der Waals surface area contributed by atoms with Crippen LogP contribution in [0, 0.1) is 17.8 Å². The molecule has 2 saturated heterocycles. The molecule has 0 radical (unpaired) electrons. The van der Waals surface area contributed by atoms with E-state index in [1.54, 1.807) is 0 Å². The third-order valence-electron chi connectivity index (χ3n) is 5.53. The van der Waals surface area contributed by atoms with Gasteiger partial charge in [-0.2, -0.15) is 0 Å². The van der Waals surface area contributed by atoms with Crippen molar-refractivity contribution in [1.82, 2.24) is 4.90 Å². The van der Waals surface area contributed by atoms with Gasteiger partial charge in [0.2, 0.25) is 0 Å². The fourth-order valence-electron chi connectivity index (χ4n) is 4.20. The van der Waals surface area contributed by atoms with Gasteiger partial charge in [0, 0.05) is 6.61 Å². The monoisotopic (exact) mass is 295 g/mol. The summed E-state index contributed by atoms with van der Waals surface area (Å²) in [7, 11) is 0. The lowest BCUT2D eigenvalue weighted by Gasteiger charge is -2.40. The highest BCUT2D eigenvalue weighted by atomic mass is 16.5. The van der Waals surface area contributed by atoms with Gasteiger partial charge in [-0.1, -0.05) is 20.3 Å². The zero-order valence-electron chi connectivity index (χ0n) is 14.9. The molecule has 0 bridgehead atoms. The average Bonchev–Trinajstić information content (AvgIpc) is 2.90. The van der Waals surface area contributed by atoms with Crippen molar-refractivity contribution in [3.8, 4) is 0 Å². The topological polar surface area (TPSA) is 12.5 Å². The normalized spacial score (nSPS) is 28.1. The van der Waals surface area contributed by atoms with E-state index in [9.17, 15) is 0 Å². The van der Waals surface area contributed by atoms with E-state index in [4.69, 9.17) is 4.74 Å². The predicted molar refractivity (Wildman–Crippen MR) is 90.6 cm³/mol. The van der Waals surface area contributed by atoms with E-state index in [0.717, 1.165) is 24.4 Å². The third kappa shape index (κ3) is 5.90. The van der Waals surface area contributed by atoms with Crippen LogP contribution in [0.3, 0.4) is 0 Å². The van der Waals surface area contributed by atoms with E-state index in [1.165, 1.54) is 64.6 Å². The van der Waals surface area contributed by atoms with Crippen LogP contribution in [-0.2, 0) is 4.74 Å². The Bertz CT molecular complexity index is 294. The first-order chi connectivity index (χ1) is 9.96. The summed E-state index contributed by atoms with van der Waals surface area (Å²) < 4.78 is 5.94. The second-order valence-corrected chi connectivity index (χ2v) is 8.43. The SMILES string of the molecule is CC(C)CC[C@@H](CCN1CCCC1)[C@H]1CCOC(C)(C)C1. The van der Waals surface area contributed by atoms with Crippen molar-refractivity contribution in [2.75, 3.05) is 26.2 Å². The van der Waals surface area contributed by atoms with Gasteiger partial charge in [-0.25, -0.2) is 0 Å². The van der Waals surface area contributed by atoms with E-state index in [-0.39, 0.29) is 5.60 Å². The maximum Gasteiger partial charge on any atom is 0.0629 e. The highest BCUT2D eigenvalue weighted by Crippen LogP contribution is 2.37. The number of hydrogen-bond acceptors (Lipinski definition) is 2. The number of hydrogen-bond donors (Lipinski definition) is 0. The van der Waals surface area contributed by atoms with Gasteiger partial charge in [-0.15, -0.1) is 0 Å². The van der Waals surface area contributed by atoms with E-state index >= 15 is 0 Å². The molecule has 21 heavy (non-hydrogen) atoms. The Labute approximate surface area is 132 Å². The lowest BCUT2D eigenvalue weighted by atomic mass is 9.75. The molecule has 124 valence electrons. The molecule has 0 aromatic heterocycles. The Morgan fingerprint density at radius 3 is 2.43 bits per heavy atom. The summed E-state index contributed by atoms with van der Waals surface area (Å²) in [5.74, 6) is 2.64. The molecule has 0 saturated carbocycles. The highest BCUT2D eigenvalue weighted by molar-refractivity contribution is 4.84. The van der Waals surface area contributed by atoms with Crippen LogP contribution in [0.25, 0.3) is 0 Å². The minimum Gasteiger partial charge on any atom is -0.376 e. The highest BCUT2D eigenvalue weighted by Gasteiger charge is 2.33. The van der Waals surface area contributed by atoms with E-state index in [1.807, 2.05) is 0 Å². The van der Waals surface area contributed by atoms with Crippen molar-refractivity contribution < 1.29 is 4.74 Å². The van der Waals surface area contributed by atoms with Gasteiger partial charge < -0.3 is 9.64 Å². The smallest absolute Gasteiger partial charge is 0.0629 e. The quantitative estimate of drug-likeness (QED) is 0.673. The molecule has 2 heterocycles. The van der Waals surface area contributed by atoms with Gasteiger partial charge in [0.1, 0.15) is 0 Å². The summed E-state index contributed by atoms with van der Waals surface area (Å²) in [6.45, 7) is 14.3. The molecule has 0 aromatic rings. The first-order valence-corrected chi connectivity index (χ1v) is 9.32. The van der Waals surface area contributed by atoms with Crippen molar-refractivity contribution in [2.24, 2.45) is 17.8 Å². The first kappa shape index (κ1) is 17.3. The molecular weight excluding hydrogens is 258 g/mol. The minimum absolute atomic E-state index is 0.104. The lowest BCUT2D eigenvalue weighted by molar-refractivity contribution is -0.0844. The Morgan fingerprint density at radius 2 is 1.81 bits per heavy atom. The summed E-state index contributed by atoms with van der Waals surface area (Å²) >= 11 is 0. The van der Waals surface area contributed by atoms with Crippen LogP contribution in [0.4, 0.5) is 0 Å². The molecule has 0 spiro atoms. The summed E-state index contributed by atoms with van der Waals surface area (Å²) in [5, 5.41) is 0. The Kier molecular flexibility index (Phi) is 6.55. The van der Waals surface area contributed by atoms with E-state index < -0.39 is 0 Å². The van der Waals surface area contributed by atoms with E-state index in [2.05, 4.69) is 32.6 Å². The van der Waals surface area contributed by atoms with Gasteiger partial charge in [-0.05, 0) is 89.8 Å². The van der Waals surface area contributed by atoms with Gasteiger partial charge in [0.15, 0.2) is 0 Å². The average molecular weight is 296 g/mol. The third-order valence-corrected chi connectivity index (χ3v) is 5.53. The molecule has 2 fully saturated rings. The summed E-state index contributed by atoms with van der Waals surface area (Å²) in [6, 6.07) is 0. The Balaban J connectivity index is 1.86. The lowest BCUT2D eigenvalue weighted by Crippen LogP contribution is -2.37. The number of likely N-dealkylation sites (tertiary alicyclic amines) is 1. The number of nitrogens with zero attached hydrogens (tertiary/aromatic N) is 1. The molecule has 0 unspecified atom stereocenters. The largest absolute Gasteiger partial charge is 0.376 e. The van der Waals surface area contributed by atoms with E-state index in [0.29, 0.717) is 0 Å². The maximum atomic E-state index is 5.94. The summed E-state index contributed by atoms with van der Waals surface area (Å²) in [4.78, 5) is 2.69. The van der Waals surface area contributed by atoms with Crippen molar-refractivity contribution >= 4 is 0 Å². The molecular formula is C19H37NO. The van der Waals surface area contributed by atoms with Crippen LogP contribution >= 0.6 is 0 Å². The molecule has 0 aliphatic carbocycles. The Hall–Kier alpha value is -0.0800. The number of ether oxygens (including phenoxy) is 1. The Morgan fingerprint density at radius 1 is 1.10 bits per heavy atom. The second-order valence-electron chi connectivity index (χ2n) is 8.43. The van der Waals surface area contributed by atoms with Crippen molar-refractivity contribution in [3.63, 3.8) is 0 Å². The minimum atomic E-state index is 0.104. The van der Waals surface area contributed by atoms with Crippen molar-refractivity contribution in [2.45, 2.75) is 78.2 Å². The summed E-state index contributed by atoms with van der Waals surface area (Å²) in [6.07, 6.45) is 9.60. The molecule has 2 aliphatic rings. The van der Waals surface area contributed by atoms with Crippen LogP contribution in [0.5, 0.6) is 0 Å². The molecule has 0 amide bonds. The van der Waals surface area contributed by atoms with Gasteiger partial charge in [0.05, 0.1) is 5.60 Å². The van der Waals surface area contributed by atoms with Gasteiger partial charge in [0.25, 0.3) is 0 Å². The molecule has 2 aliphatic heterocycles. The van der Waals surface area contributed by atoms with Gasteiger partial charge in [-0.3, -0.25) is 0 Å². The molecule has 2 rings (SSSR count). The number of rotatable bonds is 7. The first-order valence-electron chi connectivity index (χ1n) is 9.32. The van der Waals surface area contributed by atoms with Crippen LogP contribution in [0.15, 0.2) is 0 Å². The molecule has 2 atom stereocenters. The van der Waals surface area contributed by atoms with Crippen LogP contribution < -0.4 is 0 Å². The zero-order valence-corrected chi connectivity index (χ0v) is 14.9. The molecule has 0 N–H and O–H groups in total. The second kappa shape index (κ2) is 7.97. The zero-order chi connectivity index (χ0) is 15.3. The standard InChI is InChI=1S/C19H37NO/c1-16(2)7-8-17(9-13-20-11-5-6-12-20)18-10-14-21-19(3,4)15-18/h16-18H,5-15H2,1-4H3/t17-,18-/m0/s1. The van der Waals surface area contributed by atoms with Crippen LogP contribution in [0.2, 0.25) is 0 Å². The van der Waals surface area contributed by atoms with Gasteiger partial charge >= 0.3 is 0 Å². The predicted octanol–water partition coefficient (Wildman–Crippen LogP) is 4.73. The van der Waals surface area contributed by atoms with Crippen LogP contribution in [0.1, 0.15) is 72.6 Å². The molecule has 2 nitrogen and oxygen atoms in total. The maximum absolute atomic E-state index is 5.94. The van der Waals surface area contributed by atoms with Crippen molar-refractivity contribution in [3.05, 3.63) is 0 Å². The van der Waals surface area contributed by atoms with Crippen LogP contribution in [-0.4, -0.2) is 36.7 Å². The summed E-state index contributed by atoms with van der Waals surface area (Å²) in [5.41, 5.74) is 0.104. The molecule has 0 aromatic carbocycles.